The number of hydrogen-bond donors (Lipinski definition) is 1. The third kappa shape index (κ3) is 1.84. The van der Waals surface area contributed by atoms with Crippen LogP contribution in [0.25, 0.3) is 32.6 Å². The van der Waals surface area contributed by atoms with Crippen LogP contribution in [0, 0.1) is 13.8 Å². The lowest BCUT2D eigenvalue weighted by Crippen LogP contribution is -1.95. The first kappa shape index (κ1) is 13.8. The SMILES string of the molecule is Cc1cc2c(C)c3c(cc2cn1)c1cc(C(=O)O)ccc1n3C. The van der Waals surface area contributed by atoms with E-state index in [0.29, 0.717) is 5.56 Å². The molecule has 0 aliphatic rings. The first-order valence-corrected chi connectivity index (χ1v) is 7.49. The molecule has 0 bridgehead atoms. The zero-order chi connectivity index (χ0) is 16.3. The Balaban J connectivity index is 2.24. The topological polar surface area (TPSA) is 55.1 Å². The largest absolute Gasteiger partial charge is 0.478 e. The van der Waals surface area contributed by atoms with Crippen molar-refractivity contribution in [1.29, 1.82) is 0 Å². The fourth-order valence-corrected chi connectivity index (χ4v) is 3.50. The molecule has 2 aromatic carbocycles. The second-order valence-corrected chi connectivity index (χ2v) is 6.04. The number of rotatable bonds is 1. The summed E-state index contributed by atoms with van der Waals surface area (Å²) in [4.78, 5) is 15.7. The van der Waals surface area contributed by atoms with Crippen molar-refractivity contribution >= 4 is 38.5 Å². The number of pyridine rings is 1. The maximum atomic E-state index is 11.3. The lowest BCUT2D eigenvalue weighted by molar-refractivity contribution is 0.0697. The van der Waals surface area contributed by atoms with Gasteiger partial charge in [0.25, 0.3) is 0 Å². The monoisotopic (exact) mass is 304 g/mol. The molecule has 0 atom stereocenters. The van der Waals surface area contributed by atoms with E-state index in [0.717, 1.165) is 32.9 Å². The molecule has 0 fully saturated rings. The number of fused-ring (bicyclic) bond motifs is 4. The minimum absolute atomic E-state index is 0.310. The highest BCUT2D eigenvalue weighted by molar-refractivity contribution is 6.15. The molecule has 4 aromatic rings. The minimum Gasteiger partial charge on any atom is -0.478 e. The maximum absolute atomic E-state index is 11.3. The highest BCUT2D eigenvalue weighted by Gasteiger charge is 2.15. The van der Waals surface area contributed by atoms with E-state index >= 15 is 0 Å². The van der Waals surface area contributed by atoms with Crippen LogP contribution < -0.4 is 0 Å². The van der Waals surface area contributed by atoms with E-state index in [1.807, 2.05) is 26.2 Å². The molecule has 2 heterocycles. The summed E-state index contributed by atoms with van der Waals surface area (Å²) in [6.07, 6.45) is 1.89. The van der Waals surface area contributed by atoms with E-state index < -0.39 is 5.97 Å². The van der Waals surface area contributed by atoms with Gasteiger partial charge in [0.2, 0.25) is 0 Å². The van der Waals surface area contributed by atoms with Crippen molar-refractivity contribution in [3.8, 4) is 0 Å². The Morgan fingerprint density at radius 2 is 1.87 bits per heavy atom. The zero-order valence-electron chi connectivity index (χ0n) is 13.2. The number of aromatic carboxylic acids is 1. The van der Waals surface area contributed by atoms with Crippen molar-refractivity contribution in [2.75, 3.05) is 0 Å². The second-order valence-electron chi connectivity index (χ2n) is 6.04. The predicted molar refractivity (Wildman–Crippen MR) is 92.2 cm³/mol. The first-order valence-electron chi connectivity index (χ1n) is 7.49. The third-order valence-electron chi connectivity index (χ3n) is 4.62. The molecule has 23 heavy (non-hydrogen) atoms. The van der Waals surface area contributed by atoms with Gasteiger partial charge in [-0.05, 0) is 55.1 Å². The number of aryl methyl sites for hydroxylation is 3. The van der Waals surface area contributed by atoms with Gasteiger partial charge in [0, 0.05) is 40.6 Å². The van der Waals surface area contributed by atoms with E-state index in [9.17, 15) is 9.90 Å². The number of hydrogen-bond acceptors (Lipinski definition) is 2. The van der Waals surface area contributed by atoms with Crippen molar-refractivity contribution in [3.05, 3.63) is 53.3 Å². The van der Waals surface area contributed by atoms with Crippen molar-refractivity contribution < 1.29 is 9.90 Å². The quantitative estimate of drug-likeness (QED) is 0.573. The van der Waals surface area contributed by atoms with E-state index in [1.165, 1.54) is 10.9 Å². The number of carboxylic acid groups (broad SMARTS) is 1. The van der Waals surface area contributed by atoms with Crippen molar-refractivity contribution in [2.24, 2.45) is 7.05 Å². The molecule has 1 N–H and O–H groups in total. The number of carbonyl (C=O) groups is 1. The normalized spacial score (nSPS) is 11.6. The molecular formula is C19H16N2O2. The Morgan fingerprint density at radius 3 is 2.61 bits per heavy atom. The molecule has 0 spiro atoms. The molecule has 0 saturated heterocycles. The fourth-order valence-electron chi connectivity index (χ4n) is 3.50. The standard InChI is InChI=1S/C19H16N2O2/c1-10-6-14-11(2)18-16(8-13(14)9-20-10)15-7-12(19(22)23)4-5-17(15)21(18)3/h4-9H,1-3H3,(H,22,23). The Hall–Kier alpha value is -2.88. The van der Waals surface area contributed by atoms with Gasteiger partial charge in [0.1, 0.15) is 0 Å². The number of aromatic nitrogens is 2. The van der Waals surface area contributed by atoms with Crippen LogP contribution in [0.3, 0.4) is 0 Å². The smallest absolute Gasteiger partial charge is 0.335 e. The molecule has 0 radical (unpaired) electrons. The van der Waals surface area contributed by atoms with Crippen LogP contribution >= 0.6 is 0 Å². The highest BCUT2D eigenvalue weighted by atomic mass is 16.4. The summed E-state index contributed by atoms with van der Waals surface area (Å²) in [6, 6.07) is 9.51. The van der Waals surface area contributed by atoms with Crippen LogP contribution in [0.2, 0.25) is 0 Å². The Bertz CT molecular complexity index is 1120. The summed E-state index contributed by atoms with van der Waals surface area (Å²) in [5.41, 5.74) is 4.67. The van der Waals surface area contributed by atoms with Crippen LogP contribution in [0.1, 0.15) is 21.6 Å². The minimum atomic E-state index is -0.904. The number of benzene rings is 2. The van der Waals surface area contributed by atoms with Gasteiger partial charge >= 0.3 is 5.97 Å². The van der Waals surface area contributed by atoms with Gasteiger partial charge in [-0.25, -0.2) is 4.79 Å². The Morgan fingerprint density at radius 1 is 1.09 bits per heavy atom. The van der Waals surface area contributed by atoms with E-state index in [2.05, 4.69) is 28.6 Å². The lowest BCUT2D eigenvalue weighted by Gasteiger charge is -2.07. The zero-order valence-corrected chi connectivity index (χ0v) is 13.2. The maximum Gasteiger partial charge on any atom is 0.335 e. The average Bonchev–Trinajstić information content (AvgIpc) is 2.81. The molecule has 4 nitrogen and oxygen atoms in total. The van der Waals surface area contributed by atoms with E-state index in [-0.39, 0.29) is 0 Å². The van der Waals surface area contributed by atoms with Gasteiger partial charge in [0.15, 0.2) is 0 Å². The van der Waals surface area contributed by atoms with Crippen molar-refractivity contribution in [2.45, 2.75) is 13.8 Å². The van der Waals surface area contributed by atoms with Crippen LogP contribution in [-0.2, 0) is 7.05 Å². The summed E-state index contributed by atoms with van der Waals surface area (Å²) < 4.78 is 2.14. The van der Waals surface area contributed by atoms with Crippen LogP contribution in [0.15, 0.2) is 36.5 Å². The number of nitrogens with zero attached hydrogens (tertiary/aromatic N) is 2. The molecule has 4 rings (SSSR count). The van der Waals surface area contributed by atoms with Crippen molar-refractivity contribution in [3.63, 3.8) is 0 Å². The van der Waals surface area contributed by atoms with Gasteiger partial charge in [-0.15, -0.1) is 0 Å². The van der Waals surface area contributed by atoms with Gasteiger partial charge < -0.3 is 9.67 Å². The summed E-state index contributed by atoms with van der Waals surface area (Å²) in [7, 11) is 2.03. The van der Waals surface area contributed by atoms with Crippen LogP contribution in [0.4, 0.5) is 0 Å². The predicted octanol–water partition coefficient (Wildman–Crippen LogP) is 4.19. The van der Waals surface area contributed by atoms with Crippen LogP contribution in [-0.4, -0.2) is 20.6 Å². The molecule has 0 unspecified atom stereocenters. The molecule has 0 saturated carbocycles. The summed E-state index contributed by atoms with van der Waals surface area (Å²) in [5.74, 6) is -0.904. The Kier molecular flexibility index (Phi) is 2.73. The lowest BCUT2D eigenvalue weighted by atomic mass is 10.0. The second kappa shape index (κ2) is 4.56. The van der Waals surface area contributed by atoms with E-state index in [1.54, 1.807) is 12.1 Å². The number of carboxylic acids is 1. The third-order valence-corrected chi connectivity index (χ3v) is 4.62. The first-order chi connectivity index (χ1) is 11.0. The fraction of sp³-hybridized carbons (Fsp3) is 0.158. The molecule has 0 aliphatic carbocycles. The van der Waals surface area contributed by atoms with Gasteiger partial charge in [0.05, 0.1) is 11.1 Å². The molecule has 4 heteroatoms. The van der Waals surface area contributed by atoms with Gasteiger partial charge in [-0.2, -0.15) is 0 Å². The summed E-state index contributed by atoms with van der Waals surface area (Å²) in [5, 5.41) is 13.6. The summed E-state index contributed by atoms with van der Waals surface area (Å²) in [6.45, 7) is 4.10. The average molecular weight is 304 g/mol. The van der Waals surface area contributed by atoms with Crippen LogP contribution in [0.5, 0.6) is 0 Å². The highest BCUT2D eigenvalue weighted by Crippen LogP contribution is 2.35. The molecule has 0 aliphatic heterocycles. The molecule has 2 aromatic heterocycles. The van der Waals surface area contributed by atoms with E-state index in [4.69, 9.17) is 0 Å². The Labute approximate surface area is 133 Å². The summed E-state index contributed by atoms with van der Waals surface area (Å²) >= 11 is 0. The molecular weight excluding hydrogens is 288 g/mol. The van der Waals surface area contributed by atoms with Crippen molar-refractivity contribution in [1.82, 2.24) is 9.55 Å². The molecule has 0 amide bonds. The molecule has 114 valence electrons. The van der Waals surface area contributed by atoms with Gasteiger partial charge in [-0.1, -0.05) is 0 Å². The van der Waals surface area contributed by atoms with Gasteiger partial charge in [-0.3, -0.25) is 4.98 Å².